The summed E-state index contributed by atoms with van der Waals surface area (Å²) in [7, 11) is 3.09. The third-order valence-corrected chi connectivity index (χ3v) is 5.35. The molecule has 146 valence electrons. The van der Waals surface area contributed by atoms with Gasteiger partial charge in [0.05, 0.1) is 25.7 Å². The molecule has 2 rings (SSSR count). The molecule has 2 amide bonds. The summed E-state index contributed by atoms with van der Waals surface area (Å²) in [5.74, 6) is 0.583. The van der Waals surface area contributed by atoms with E-state index >= 15 is 0 Å². The summed E-state index contributed by atoms with van der Waals surface area (Å²) < 4.78 is 10.8. The van der Waals surface area contributed by atoms with Crippen LogP contribution in [-0.4, -0.2) is 71.5 Å². The van der Waals surface area contributed by atoms with Gasteiger partial charge in [-0.2, -0.15) is 0 Å². The first-order valence-corrected chi connectivity index (χ1v) is 9.53. The van der Waals surface area contributed by atoms with Crippen molar-refractivity contribution in [1.29, 1.82) is 0 Å². The number of hydrogen-bond donors (Lipinski definition) is 1. The fourth-order valence-corrected chi connectivity index (χ4v) is 3.80. The van der Waals surface area contributed by atoms with E-state index < -0.39 is 0 Å². The second-order valence-electron chi connectivity index (χ2n) is 5.58. The van der Waals surface area contributed by atoms with Crippen LogP contribution in [0.4, 0.5) is 0 Å². The first-order valence-electron chi connectivity index (χ1n) is 8.31. The van der Waals surface area contributed by atoms with E-state index in [1.807, 2.05) is 6.92 Å². The number of hydrogen-bond acceptors (Lipinski definition) is 7. The number of benzene rings is 1. The zero-order valence-corrected chi connectivity index (χ0v) is 17.1. The fourth-order valence-electron chi connectivity index (χ4n) is 2.55. The van der Waals surface area contributed by atoms with Crippen molar-refractivity contribution < 1.29 is 24.2 Å². The monoisotopic (exact) mass is 410 g/mol. The number of ether oxygens (including phenoxy) is 2. The zero-order chi connectivity index (χ0) is 20.0. The molecule has 9 heteroatoms. The normalized spacial score (nSPS) is 15.4. The van der Waals surface area contributed by atoms with Crippen LogP contribution in [0.2, 0.25) is 0 Å². The van der Waals surface area contributed by atoms with Gasteiger partial charge in [0.25, 0.3) is 5.91 Å². The fraction of sp³-hybridized carbons (Fsp3) is 0.389. The summed E-state index contributed by atoms with van der Waals surface area (Å²) >= 11 is 6.42. The van der Waals surface area contributed by atoms with Gasteiger partial charge >= 0.3 is 0 Å². The molecule has 7 nitrogen and oxygen atoms in total. The lowest BCUT2D eigenvalue weighted by Crippen LogP contribution is -2.43. The summed E-state index contributed by atoms with van der Waals surface area (Å²) in [5.41, 5.74) is 0.759. The summed E-state index contributed by atoms with van der Waals surface area (Å²) in [6, 6.07) is 5.32. The highest BCUT2D eigenvalue weighted by Gasteiger charge is 2.34. The molecule has 1 aromatic rings. The Morgan fingerprint density at radius 1 is 1.33 bits per heavy atom. The molecule has 0 aromatic heterocycles. The van der Waals surface area contributed by atoms with Crippen molar-refractivity contribution in [1.82, 2.24) is 9.80 Å². The van der Waals surface area contributed by atoms with E-state index in [2.05, 4.69) is 0 Å². The molecule has 0 saturated carbocycles. The van der Waals surface area contributed by atoms with Crippen molar-refractivity contribution in [2.45, 2.75) is 6.92 Å². The van der Waals surface area contributed by atoms with Crippen molar-refractivity contribution in [2.24, 2.45) is 0 Å². The first-order chi connectivity index (χ1) is 12.9. The van der Waals surface area contributed by atoms with Crippen LogP contribution < -0.4 is 9.47 Å². The van der Waals surface area contributed by atoms with Crippen LogP contribution in [0.3, 0.4) is 0 Å². The number of nitrogens with zero attached hydrogens (tertiary/aromatic N) is 2. The largest absolute Gasteiger partial charge is 0.493 e. The molecule has 1 heterocycles. The van der Waals surface area contributed by atoms with Crippen molar-refractivity contribution in [3.05, 3.63) is 28.7 Å². The lowest BCUT2D eigenvalue weighted by Gasteiger charge is -2.22. The van der Waals surface area contributed by atoms with Crippen LogP contribution in [-0.2, 0) is 9.59 Å². The quantitative estimate of drug-likeness (QED) is 0.517. The third-order valence-electron chi connectivity index (χ3n) is 3.98. The van der Waals surface area contributed by atoms with Gasteiger partial charge in [-0.05, 0) is 30.7 Å². The lowest BCUT2D eigenvalue weighted by atomic mass is 10.2. The summed E-state index contributed by atoms with van der Waals surface area (Å²) in [4.78, 5) is 28.2. The smallest absolute Gasteiger partial charge is 0.266 e. The highest BCUT2D eigenvalue weighted by atomic mass is 32.2. The molecule has 0 radical (unpaired) electrons. The van der Waals surface area contributed by atoms with E-state index in [1.54, 1.807) is 38.5 Å². The minimum Gasteiger partial charge on any atom is -0.493 e. The van der Waals surface area contributed by atoms with Crippen molar-refractivity contribution in [3.63, 3.8) is 0 Å². The molecule has 1 saturated heterocycles. The molecular formula is C18H22N2O5S2. The van der Waals surface area contributed by atoms with E-state index in [0.717, 1.165) is 17.3 Å². The molecule has 0 aliphatic carbocycles. The predicted molar refractivity (Wildman–Crippen MR) is 109 cm³/mol. The first kappa shape index (κ1) is 21.2. The Balaban J connectivity index is 2.17. The van der Waals surface area contributed by atoms with Gasteiger partial charge < -0.3 is 19.5 Å². The molecule has 0 bridgehead atoms. The topological polar surface area (TPSA) is 79.3 Å². The minimum absolute atomic E-state index is 0.128. The maximum Gasteiger partial charge on any atom is 0.266 e. The van der Waals surface area contributed by atoms with Gasteiger partial charge in [0.2, 0.25) is 5.91 Å². The molecule has 1 aliphatic rings. The maximum atomic E-state index is 12.7. The van der Waals surface area contributed by atoms with Crippen molar-refractivity contribution in [3.8, 4) is 11.5 Å². The maximum absolute atomic E-state index is 12.7. The Labute approximate surface area is 167 Å². The van der Waals surface area contributed by atoms with Crippen LogP contribution >= 0.6 is 24.0 Å². The second-order valence-corrected chi connectivity index (χ2v) is 7.26. The molecule has 1 N–H and O–H groups in total. The lowest BCUT2D eigenvalue weighted by molar-refractivity contribution is -0.135. The number of thiocarbonyl (C=S) groups is 1. The number of rotatable bonds is 8. The van der Waals surface area contributed by atoms with Gasteiger partial charge in [0, 0.05) is 13.1 Å². The molecule has 1 aliphatic heterocycles. The Morgan fingerprint density at radius 3 is 2.63 bits per heavy atom. The van der Waals surface area contributed by atoms with Gasteiger partial charge in [-0.1, -0.05) is 30.0 Å². The second kappa shape index (κ2) is 9.72. The standard InChI is InChI=1S/C18H22N2O5S2/c1-4-19(7-8-21)16(22)11-20-17(23)15(27-18(20)26)10-12-5-6-13(24-2)14(9-12)25-3/h5-6,9-10,21H,4,7-8,11H2,1-3H3. The Kier molecular flexibility index (Phi) is 7.64. The number of thioether (sulfide) groups is 1. The summed E-state index contributed by atoms with van der Waals surface area (Å²) in [6.07, 6.45) is 1.71. The number of aliphatic hydroxyl groups excluding tert-OH is 1. The van der Waals surface area contributed by atoms with Gasteiger partial charge in [-0.25, -0.2) is 0 Å². The van der Waals surface area contributed by atoms with Crippen molar-refractivity contribution in [2.75, 3.05) is 40.5 Å². The predicted octanol–water partition coefficient (Wildman–Crippen LogP) is 1.75. The van der Waals surface area contributed by atoms with Gasteiger partial charge in [-0.3, -0.25) is 14.5 Å². The molecule has 0 unspecified atom stereocenters. The third kappa shape index (κ3) is 5.00. The van der Waals surface area contributed by atoms with Crippen LogP contribution in [0.1, 0.15) is 12.5 Å². The molecule has 0 spiro atoms. The number of likely N-dealkylation sites (N-methyl/N-ethyl adjacent to an activating group) is 1. The Bertz CT molecular complexity index is 766. The summed E-state index contributed by atoms with van der Waals surface area (Å²) in [5, 5.41) is 9.04. The van der Waals surface area contributed by atoms with E-state index in [9.17, 15) is 9.59 Å². The number of carbonyl (C=O) groups excluding carboxylic acids is 2. The van der Waals surface area contributed by atoms with Crippen molar-refractivity contribution >= 4 is 46.2 Å². The van der Waals surface area contributed by atoms with Gasteiger partial charge in [-0.15, -0.1) is 0 Å². The van der Waals surface area contributed by atoms with E-state index in [1.165, 1.54) is 9.80 Å². The average Bonchev–Trinajstić information content (AvgIpc) is 2.93. The highest BCUT2D eigenvalue weighted by molar-refractivity contribution is 8.26. The number of amides is 2. The molecule has 27 heavy (non-hydrogen) atoms. The number of carbonyl (C=O) groups is 2. The average molecular weight is 411 g/mol. The Morgan fingerprint density at radius 2 is 2.04 bits per heavy atom. The van der Waals surface area contributed by atoms with Crippen LogP contribution in [0.5, 0.6) is 11.5 Å². The molecule has 0 atom stereocenters. The van der Waals surface area contributed by atoms with E-state index in [-0.39, 0.29) is 31.5 Å². The SMILES string of the molecule is CCN(CCO)C(=O)CN1C(=O)C(=Cc2ccc(OC)c(OC)c2)SC1=S. The van der Waals surface area contributed by atoms with Gasteiger partial charge in [0.1, 0.15) is 10.9 Å². The van der Waals surface area contributed by atoms with E-state index in [0.29, 0.717) is 27.3 Å². The van der Waals surface area contributed by atoms with Crippen LogP contribution in [0.15, 0.2) is 23.1 Å². The molecule has 1 aromatic carbocycles. The summed E-state index contributed by atoms with van der Waals surface area (Å²) in [6.45, 7) is 2.23. The van der Waals surface area contributed by atoms with Crippen LogP contribution in [0.25, 0.3) is 6.08 Å². The highest BCUT2D eigenvalue weighted by Crippen LogP contribution is 2.34. The molecular weight excluding hydrogens is 388 g/mol. The minimum atomic E-state index is -0.312. The van der Waals surface area contributed by atoms with Crippen LogP contribution in [0, 0.1) is 0 Å². The Hall–Kier alpha value is -2.10. The number of methoxy groups -OCH3 is 2. The van der Waals surface area contributed by atoms with Gasteiger partial charge in [0.15, 0.2) is 11.5 Å². The number of aliphatic hydroxyl groups is 1. The zero-order valence-electron chi connectivity index (χ0n) is 15.4. The molecule has 1 fully saturated rings. The van der Waals surface area contributed by atoms with E-state index in [4.69, 9.17) is 26.8 Å².